The Labute approximate surface area is 143 Å². The highest BCUT2D eigenvalue weighted by Gasteiger charge is 2.20. The van der Waals surface area contributed by atoms with E-state index in [9.17, 15) is 0 Å². The number of aromatic amines is 1. The normalized spacial score (nSPS) is 19.0. The number of rotatable bonds is 4. The molecule has 3 aromatic rings. The van der Waals surface area contributed by atoms with Crippen LogP contribution in [0.2, 0.25) is 0 Å². The maximum Gasteiger partial charge on any atom is 0.0650 e. The Morgan fingerprint density at radius 1 is 1.12 bits per heavy atom. The average Bonchev–Trinajstić information content (AvgIpc) is 3.05. The predicted molar refractivity (Wildman–Crippen MR) is 99.0 cm³/mol. The Hall–Kier alpha value is -2.13. The predicted octanol–water partition coefficient (Wildman–Crippen LogP) is 4.33. The van der Waals surface area contributed by atoms with Gasteiger partial charge in [0.2, 0.25) is 0 Å². The average molecular weight is 319 g/mol. The molecule has 24 heavy (non-hydrogen) atoms. The minimum Gasteiger partial charge on any atom is -0.299 e. The summed E-state index contributed by atoms with van der Waals surface area (Å²) in [7, 11) is 0. The van der Waals surface area contributed by atoms with Crippen LogP contribution >= 0.6 is 0 Å². The van der Waals surface area contributed by atoms with E-state index in [4.69, 9.17) is 0 Å². The number of H-pyrrole nitrogens is 1. The van der Waals surface area contributed by atoms with Gasteiger partial charge < -0.3 is 0 Å². The van der Waals surface area contributed by atoms with Gasteiger partial charge in [0.05, 0.1) is 11.7 Å². The molecule has 0 radical (unpaired) electrons. The SMILES string of the molecule is Cc1ccc(CN2CCC[C@@H](Cc3ccc4[nH]ncc4c3)C2)cc1. The molecule has 0 amide bonds. The van der Waals surface area contributed by atoms with Crippen molar-refractivity contribution in [1.82, 2.24) is 15.1 Å². The van der Waals surface area contributed by atoms with Crippen LogP contribution in [0, 0.1) is 12.8 Å². The summed E-state index contributed by atoms with van der Waals surface area (Å²) in [4.78, 5) is 2.62. The van der Waals surface area contributed by atoms with E-state index in [0.29, 0.717) is 0 Å². The van der Waals surface area contributed by atoms with Crippen molar-refractivity contribution >= 4 is 10.9 Å². The molecule has 0 aliphatic carbocycles. The number of likely N-dealkylation sites (tertiary alicyclic amines) is 1. The highest BCUT2D eigenvalue weighted by atomic mass is 15.1. The molecule has 1 aliphatic heterocycles. The van der Waals surface area contributed by atoms with Crippen LogP contribution in [-0.4, -0.2) is 28.2 Å². The van der Waals surface area contributed by atoms with Gasteiger partial charge in [0, 0.05) is 18.5 Å². The second kappa shape index (κ2) is 6.78. The van der Waals surface area contributed by atoms with Gasteiger partial charge in [-0.05, 0) is 61.9 Å². The van der Waals surface area contributed by atoms with Gasteiger partial charge in [0.15, 0.2) is 0 Å². The molecular weight excluding hydrogens is 294 g/mol. The minimum atomic E-state index is 0.758. The van der Waals surface area contributed by atoms with E-state index < -0.39 is 0 Å². The van der Waals surface area contributed by atoms with Crippen molar-refractivity contribution in [1.29, 1.82) is 0 Å². The summed E-state index contributed by atoms with van der Waals surface area (Å²) in [6.45, 7) is 5.66. The van der Waals surface area contributed by atoms with Gasteiger partial charge in [-0.15, -0.1) is 0 Å². The molecule has 4 rings (SSSR count). The van der Waals surface area contributed by atoms with E-state index in [1.165, 1.54) is 54.4 Å². The topological polar surface area (TPSA) is 31.9 Å². The lowest BCUT2D eigenvalue weighted by molar-refractivity contribution is 0.167. The molecule has 0 unspecified atom stereocenters. The van der Waals surface area contributed by atoms with Crippen LogP contribution in [0.3, 0.4) is 0 Å². The number of hydrogen-bond acceptors (Lipinski definition) is 2. The first kappa shape index (κ1) is 15.4. The third kappa shape index (κ3) is 3.51. The molecule has 124 valence electrons. The van der Waals surface area contributed by atoms with E-state index >= 15 is 0 Å². The number of aromatic nitrogens is 2. The quantitative estimate of drug-likeness (QED) is 0.776. The zero-order valence-electron chi connectivity index (χ0n) is 14.3. The Balaban J connectivity index is 1.39. The van der Waals surface area contributed by atoms with Gasteiger partial charge in [-0.1, -0.05) is 35.9 Å². The standard InChI is InChI=1S/C21H25N3/c1-16-4-6-17(7-5-16)14-24-10-2-3-19(15-24)11-18-8-9-21-20(12-18)13-22-23-21/h4-9,12-13,19H,2-3,10-11,14-15H2,1H3,(H,22,23)/t19-/m0/s1. The second-order valence-electron chi connectivity index (χ2n) is 7.22. The summed E-state index contributed by atoms with van der Waals surface area (Å²) >= 11 is 0. The van der Waals surface area contributed by atoms with Crippen LogP contribution in [0.25, 0.3) is 10.9 Å². The largest absolute Gasteiger partial charge is 0.299 e. The van der Waals surface area contributed by atoms with Gasteiger partial charge >= 0.3 is 0 Å². The first-order valence-corrected chi connectivity index (χ1v) is 8.96. The molecule has 1 fully saturated rings. The van der Waals surface area contributed by atoms with Crippen LogP contribution in [0.1, 0.15) is 29.5 Å². The fourth-order valence-corrected chi connectivity index (χ4v) is 3.87. The maximum atomic E-state index is 4.12. The van der Waals surface area contributed by atoms with Gasteiger partial charge in [-0.25, -0.2) is 0 Å². The van der Waals surface area contributed by atoms with Crippen LogP contribution in [0.15, 0.2) is 48.7 Å². The van der Waals surface area contributed by atoms with Gasteiger partial charge in [-0.2, -0.15) is 5.10 Å². The summed E-state index contributed by atoms with van der Waals surface area (Å²) in [6, 6.07) is 15.7. The summed E-state index contributed by atoms with van der Waals surface area (Å²) in [6.07, 6.45) is 5.74. The number of nitrogens with zero attached hydrogens (tertiary/aromatic N) is 2. The van der Waals surface area contributed by atoms with Crippen molar-refractivity contribution in [3.63, 3.8) is 0 Å². The van der Waals surface area contributed by atoms with Crippen LogP contribution in [-0.2, 0) is 13.0 Å². The van der Waals surface area contributed by atoms with Crippen molar-refractivity contribution in [2.24, 2.45) is 5.92 Å². The first-order valence-electron chi connectivity index (χ1n) is 8.96. The minimum absolute atomic E-state index is 0.758. The molecule has 2 aromatic carbocycles. The molecule has 3 heteroatoms. The molecule has 0 saturated carbocycles. The molecule has 1 atom stereocenters. The smallest absolute Gasteiger partial charge is 0.0650 e. The van der Waals surface area contributed by atoms with Crippen molar-refractivity contribution in [3.8, 4) is 0 Å². The number of hydrogen-bond donors (Lipinski definition) is 1. The van der Waals surface area contributed by atoms with Crippen molar-refractivity contribution in [2.45, 2.75) is 32.7 Å². The summed E-state index contributed by atoms with van der Waals surface area (Å²) < 4.78 is 0. The monoisotopic (exact) mass is 319 g/mol. The number of piperidine rings is 1. The lowest BCUT2D eigenvalue weighted by atomic mass is 9.90. The van der Waals surface area contributed by atoms with E-state index in [1.807, 2.05) is 6.20 Å². The molecule has 2 heterocycles. The van der Waals surface area contributed by atoms with E-state index in [2.05, 4.69) is 64.5 Å². The molecular formula is C21H25N3. The summed E-state index contributed by atoms with van der Waals surface area (Å²) in [5.41, 5.74) is 5.33. The molecule has 1 N–H and O–H groups in total. The summed E-state index contributed by atoms with van der Waals surface area (Å²) in [5.74, 6) is 0.758. The maximum absolute atomic E-state index is 4.12. The molecule has 3 nitrogen and oxygen atoms in total. The van der Waals surface area contributed by atoms with Crippen molar-refractivity contribution in [3.05, 3.63) is 65.4 Å². The highest BCUT2D eigenvalue weighted by Crippen LogP contribution is 2.24. The molecule has 0 spiro atoms. The zero-order chi connectivity index (χ0) is 16.4. The summed E-state index contributed by atoms with van der Waals surface area (Å²) in [5, 5.41) is 8.37. The third-order valence-electron chi connectivity index (χ3n) is 5.16. The van der Waals surface area contributed by atoms with E-state index in [0.717, 1.165) is 18.0 Å². The number of aryl methyl sites for hydroxylation is 1. The molecule has 0 bridgehead atoms. The lowest BCUT2D eigenvalue weighted by Crippen LogP contribution is -2.35. The second-order valence-corrected chi connectivity index (χ2v) is 7.22. The van der Waals surface area contributed by atoms with Gasteiger partial charge in [0.25, 0.3) is 0 Å². The fraction of sp³-hybridized carbons (Fsp3) is 0.381. The molecule has 1 saturated heterocycles. The highest BCUT2D eigenvalue weighted by molar-refractivity contribution is 5.78. The first-order chi connectivity index (χ1) is 11.8. The third-order valence-corrected chi connectivity index (χ3v) is 5.16. The Kier molecular flexibility index (Phi) is 4.35. The van der Waals surface area contributed by atoms with E-state index in [1.54, 1.807) is 0 Å². The Morgan fingerprint density at radius 2 is 1.96 bits per heavy atom. The van der Waals surface area contributed by atoms with E-state index in [-0.39, 0.29) is 0 Å². The molecule has 1 aromatic heterocycles. The molecule has 1 aliphatic rings. The Morgan fingerprint density at radius 3 is 2.83 bits per heavy atom. The number of nitrogens with one attached hydrogen (secondary N) is 1. The van der Waals surface area contributed by atoms with Crippen LogP contribution in [0.5, 0.6) is 0 Å². The van der Waals surface area contributed by atoms with Crippen LogP contribution < -0.4 is 0 Å². The lowest BCUT2D eigenvalue weighted by Gasteiger charge is -2.33. The Bertz CT molecular complexity index is 803. The van der Waals surface area contributed by atoms with Crippen molar-refractivity contribution < 1.29 is 0 Å². The number of benzene rings is 2. The fourth-order valence-electron chi connectivity index (χ4n) is 3.87. The zero-order valence-corrected chi connectivity index (χ0v) is 14.3. The number of fused-ring (bicyclic) bond motifs is 1. The van der Waals surface area contributed by atoms with Gasteiger partial charge in [0.1, 0.15) is 0 Å². The van der Waals surface area contributed by atoms with Gasteiger partial charge in [-0.3, -0.25) is 10.00 Å². The van der Waals surface area contributed by atoms with Crippen molar-refractivity contribution in [2.75, 3.05) is 13.1 Å². The van der Waals surface area contributed by atoms with Crippen LogP contribution in [0.4, 0.5) is 0 Å².